The van der Waals surface area contributed by atoms with Crippen LogP contribution in [0.1, 0.15) is 37.5 Å². The predicted octanol–water partition coefficient (Wildman–Crippen LogP) is 3.43. The average Bonchev–Trinajstić information content (AvgIpc) is 3.13. The highest BCUT2D eigenvalue weighted by Gasteiger charge is 2.27. The molecule has 7 nitrogen and oxygen atoms in total. The van der Waals surface area contributed by atoms with Crippen LogP contribution in [-0.2, 0) is 17.9 Å². The molecule has 0 aliphatic rings. The van der Waals surface area contributed by atoms with E-state index < -0.39 is 11.9 Å². The molecule has 0 atom stereocenters. The van der Waals surface area contributed by atoms with Crippen molar-refractivity contribution in [3.63, 3.8) is 0 Å². The smallest absolute Gasteiger partial charge is 0.356 e. The summed E-state index contributed by atoms with van der Waals surface area (Å²) in [5, 5.41) is 8.14. The first kappa shape index (κ1) is 20.9. The van der Waals surface area contributed by atoms with Gasteiger partial charge in [0.1, 0.15) is 18.1 Å². The summed E-state index contributed by atoms with van der Waals surface area (Å²) in [6, 6.07) is 23.7. The van der Waals surface area contributed by atoms with Crippen molar-refractivity contribution in [1.82, 2.24) is 4.57 Å². The number of carbonyl (C=O) groups is 2. The molecule has 5 N–H and O–H groups in total. The minimum atomic E-state index is -0.696. The van der Waals surface area contributed by atoms with Crippen molar-refractivity contribution in [2.75, 3.05) is 0 Å². The quantitative estimate of drug-likeness (QED) is 0.238. The first-order valence-corrected chi connectivity index (χ1v) is 10.0. The number of esters is 1. The lowest BCUT2D eigenvalue weighted by Gasteiger charge is -2.12. The first-order valence-electron chi connectivity index (χ1n) is 10.0. The number of primary amides is 1. The zero-order valence-electron chi connectivity index (χ0n) is 17.2. The molecule has 32 heavy (non-hydrogen) atoms. The normalized spacial score (nSPS) is 10.8. The van der Waals surface area contributed by atoms with Gasteiger partial charge in [-0.1, -0.05) is 72.8 Å². The number of rotatable bonds is 7. The van der Waals surface area contributed by atoms with Crippen LogP contribution in [-0.4, -0.2) is 22.3 Å². The second-order valence-electron chi connectivity index (χ2n) is 7.36. The van der Waals surface area contributed by atoms with Crippen molar-refractivity contribution >= 4 is 28.6 Å². The first-order chi connectivity index (χ1) is 15.5. The van der Waals surface area contributed by atoms with Crippen LogP contribution in [0.5, 0.6) is 0 Å². The Morgan fingerprint density at radius 2 is 1.50 bits per heavy atom. The zero-order chi connectivity index (χ0) is 22.7. The minimum Gasteiger partial charge on any atom is -0.456 e. The fourth-order valence-corrected chi connectivity index (χ4v) is 3.69. The molecule has 1 heterocycles. The maximum Gasteiger partial charge on any atom is 0.356 e. The van der Waals surface area contributed by atoms with Crippen molar-refractivity contribution in [2.24, 2.45) is 11.5 Å². The van der Waals surface area contributed by atoms with Gasteiger partial charge in [-0.05, 0) is 17.2 Å². The highest BCUT2D eigenvalue weighted by Crippen LogP contribution is 2.28. The number of benzene rings is 3. The van der Waals surface area contributed by atoms with Crippen LogP contribution in [0.25, 0.3) is 10.9 Å². The molecule has 0 unspecified atom stereocenters. The highest BCUT2D eigenvalue weighted by molar-refractivity contribution is 6.14. The van der Waals surface area contributed by atoms with Gasteiger partial charge in [0, 0.05) is 23.0 Å². The molecule has 0 aliphatic heterocycles. The van der Waals surface area contributed by atoms with Crippen LogP contribution < -0.4 is 11.5 Å². The molecule has 4 rings (SSSR count). The maximum atomic E-state index is 13.2. The Bertz CT molecular complexity index is 1310. The number of ether oxygens (including phenoxy) is 1. The van der Waals surface area contributed by atoms with Gasteiger partial charge in [-0.25, -0.2) is 4.79 Å². The van der Waals surface area contributed by atoms with Gasteiger partial charge in [-0.3, -0.25) is 10.2 Å². The Morgan fingerprint density at radius 3 is 2.16 bits per heavy atom. The van der Waals surface area contributed by atoms with Gasteiger partial charge >= 0.3 is 5.97 Å². The number of nitrogens with one attached hydrogen (secondary N) is 1. The van der Waals surface area contributed by atoms with Crippen molar-refractivity contribution in [3.8, 4) is 0 Å². The summed E-state index contributed by atoms with van der Waals surface area (Å²) < 4.78 is 7.29. The van der Waals surface area contributed by atoms with E-state index in [-0.39, 0.29) is 23.7 Å². The van der Waals surface area contributed by atoms with E-state index in [1.54, 1.807) is 28.8 Å². The van der Waals surface area contributed by atoms with Gasteiger partial charge in [0.15, 0.2) is 0 Å². The molecule has 0 radical (unpaired) electrons. The SMILES string of the molecule is N=C(N)c1ccc(Cn2c(C(=O)OCc3ccccc3)c(C(N)=O)c3ccccc32)cc1. The van der Waals surface area contributed by atoms with E-state index in [0.717, 1.165) is 11.1 Å². The molecule has 0 aliphatic carbocycles. The lowest BCUT2D eigenvalue weighted by atomic mass is 10.1. The number of hydrogen-bond acceptors (Lipinski definition) is 4. The van der Waals surface area contributed by atoms with Gasteiger partial charge in [-0.15, -0.1) is 0 Å². The summed E-state index contributed by atoms with van der Waals surface area (Å²) in [7, 11) is 0. The monoisotopic (exact) mass is 426 g/mol. The van der Waals surface area contributed by atoms with Gasteiger partial charge in [0.25, 0.3) is 5.91 Å². The number of hydrogen-bond donors (Lipinski definition) is 3. The number of para-hydroxylation sites is 1. The minimum absolute atomic E-state index is 0.0239. The number of amides is 1. The van der Waals surface area contributed by atoms with Crippen LogP contribution in [0.4, 0.5) is 0 Å². The number of fused-ring (bicyclic) bond motifs is 1. The van der Waals surface area contributed by atoms with Gasteiger partial charge < -0.3 is 20.8 Å². The van der Waals surface area contributed by atoms with Crippen molar-refractivity contribution in [1.29, 1.82) is 5.41 Å². The Hall–Kier alpha value is -4.39. The van der Waals surface area contributed by atoms with Crippen LogP contribution in [0, 0.1) is 5.41 Å². The van der Waals surface area contributed by atoms with E-state index in [1.165, 1.54) is 0 Å². The number of nitrogen functional groups attached to an aromatic ring is 1. The lowest BCUT2D eigenvalue weighted by molar-refractivity contribution is 0.0458. The number of carbonyl (C=O) groups excluding carboxylic acids is 2. The lowest BCUT2D eigenvalue weighted by Crippen LogP contribution is -2.20. The summed E-state index contributed by atoms with van der Waals surface area (Å²) in [6.07, 6.45) is 0. The molecule has 1 aromatic heterocycles. The molecule has 7 heteroatoms. The van der Waals surface area contributed by atoms with Crippen molar-refractivity contribution in [2.45, 2.75) is 13.2 Å². The molecule has 4 aromatic rings. The summed E-state index contributed by atoms with van der Waals surface area (Å²) in [5.41, 5.74) is 14.5. The maximum absolute atomic E-state index is 13.2. The van der Waals surface area contributed by atoms with E-state index in [0.29, 0.717) is 23.0 Å². The predicted molar refractivity (Wildman–Crippen MR) is 123 cm³/mol. The fourth-order valence-electron chi connectivity index (χ4n) is 3.69. The van der Waals surface area contributed by atoms with E-state index in [2.05, 4.69) is 0 Å². The molecule has 0 saturated carbocycles. The van der Waals surface area contributed by atoms with Crippen LogP contribution in [0.2, 0.25) is 0 Å². The summed E-state index contributed by atoms with van der Waals surface area (Å²) in [5.74, 6) is -1.35. The van der Waals surface area contributed by atoms with Gasteiger partial charge in [-0.2, -0.15) is 0 Å². The zero-order valence-corrected chi connectivity index (χ0v) is 17.2. The molecule has 1 amide bonds. The highest BCUT2D eigenvalue weighted by atomic mass is 16.5. The van der Waals surface area contributed by atoms with Crippen LogP contribution >= 0.6 is 0 Å². The van der Waals surface area contributed by atoms with Crippen LogP contribution in [0.15, 0.2) is 78.9 Å². The Labute approximate surface area is 184 Å². The summed E-state index contributed by atoms with van der Waals surface area (Å²) in [4.78, 5) is 25.5. The fraction of sp³-hybridized carbons (Fsp3) is 0.0800. The molecular weight excluding hydrogens is 404 g/mol. The van der Waals surface area contributed by atoms with E-state index in [9.17, 15) is 9.59 Å². The van der Waals surface area contributed by atoms with Crippen molar-refractivity contribution in [3.05, 3.63) is 107 Å². The van der Waals surface area contributed by atoms with E-state index >= 15 is 0 Å². The van der Waals surface area contributed by atoms with Gasteiger partial charge in [0.2, 0.25) is 0 Å². The number of amidine groups is 1. The molecular formula is C25H22N4O3. The van der Waals surface area contributed by atoms with Crippen LogP contribution in [0.3, 0.4) is 0 Å². The summed E-state index contributed by atoms with van der Waals surface area (Å²) in [6.45, 7) is 0.383. The number of nitrogens with two attached hydrogens (primary N) is 2. The Balaban J connectivity index is 1.77. The third kappa shape index (κ3) is 4.09. The second kappa shape index (κ2) is 8.77. The van der Waals surface area contributed by atoms with Crippen molar-refractivity contribution < 1.29 is 14.3 Å². The number of aromatic nitrogens is 1. The Kier molecular flexibility index (Phi) is 5.72. The molecule has 0 spiro atoms. The van der Waals surface area contributed by atoms with Gasteiger partial charge in [0.05, 0.1) is 5.56 Å². The van der Waals surface area contributed by atoms with E-state index in [4.69, 9.17) is 21.6 Å². The van der Waals surface area contributed by atoms with E-state index in [1.807, 2.05) is 54.6 Å². The topological polar surface area (TPSA) is 124 Å². The standard InChI is InChI=1S/C25H22N4O3/c26-23(27)18-12-10-16(11-13-18)14-29-20-9-5-4-8-19(20)21(24(28)30)22(29)25(31)32-15-17-6-2-1-3-7-17/h1-13H,14-15H2,(H3,26,27)(H2,28,30). The largest absolute Gasteiger partial charge is 0.456 e. The molecule has 0 fully saturated rings. The summed E-state index contributed by atoms with van der Waals surface area (Å²) >= 11 is 0. The molecule has 0 saturated heterocycles. The molecule has 0 bridgehead atoms. The molecule has 3 aromatic carbocycles. The Morgan fingerprint density at radius 1 is 0.844 bits per heavy atom. The average molecular weight is 426 g/mol. The second-order valence-corrected chi connectivity index (χ2v) is 7.36. The number of nitrogens with zero attached hydrogens (tertiary/aromatic N) is 1. The molecule has 160 valence electrons. The third-order valence-corrected chi connectivity index (χ3v) is 5.23. The third-order valence-electron chi connectivity index (χ3n) is 5.23.